The van der Waals surface area contributed by atoms with Crippen molar-refractivity contribution in [3.63, 3.8) is 0 Å². The maximum Gasteiger partial charge on any atom is 0.0317 e. The first-order valence-corrected chi connectivity index (χ1v) is 7.41. The van der Waals surface area contributed by atoms with Gasteiger partial charge in [-0.1, -0.05) is 60.7 Å². The molecule has 0 aliphatic heterocycles. The van der Waals surface area contributed by atoms with Crippen LogP contribution in [0.25, 0.3) is 0 Å². The van der Waals surface area contributed by atoms with Gasteiger partial charge in [0, 0.05) is 10.5 Å². The molecule has 0 aliphatic rings. The molecule has 96 valence electrons. The average Bonchev–Trinajstić information content (AvgIpc) is 2.33. The third-order valence-corrected chi connectivity index (χ3v) is 4.17. The molecule has 0 radical (unpaired) electrons. The Morgan fingerprint density at radius 3 is 2.59 bits per heavy atom. The maximum absolute atomic E-state index is 3.55. The van der Waals surface area contributed by atoms with Gasteiger partial charge in [0.2, 0.25) is 0 Å². The first-order chi connectivity index (χ1) is 8.19. The summed E-state index contributed by atoms with van der Waals surface area (Å²) >= 11 is 3.55. The standard InChI is InChI=1S/C15H24BrN/c1-4-5-6-7-8-15(17-3)13-9-10-14(16)12(2)11-13/h9-11,15,17H,4-8H2,1-3H3. The average molecular weight is 298 g/mol. The van der Waals surface area contributed by atoms with Crippen molar-refractivity contribution in [3.8, 4) is 0 Å². The number of nitrogens with one attached hydrogen (secondary N) is 1. The van der Waals surface area contributed by atoms with Crippen molar-refractivity contribution < 1.29 is 0 Å². The smallest absolute Gasteiger partial charge is 0.0317 e. The molecule has 1 unspecified atom stereocenters. The summed E-state index contributed by atoms with van der Waals surface area (Å²) in [5, 5.41) is 3.43. The van der Waals surface area contributed by atoms with Crippen molar-refractivity contribution in [1.82, 2.24) is 5.32 Å². The van der Waals surface area contributed by atoms with E-state index in [1.165, 1.54) is 47.7 Å². The number of benzene rings is 1. The second kappa shape index (κ2) is 7.88. The van der Waals surface area contributed by atoms with Crippen LogP contribution in [-0.4, -0.2) is 7.05 Å². The Morgan fingerprint density at radius 1 is 1.24 bits per heavy atom. The van der Waals surface area contributed by atoms with E-state index in [1.807, 2.05) is 0 Å². The summed E-state index contributed by atoms with van der Waals surface area (Å²) in [6.45, 7) is 4.41. The van der Waals surface area contributed by atoms with Crippen LogP contribution in [0.5, 0.6) is 0 Å². The van der Waals surface area contributed by atoms with Gasteiger partial charge in [0.05, 0.1) is 0 Å². The largest absolute Gasteiger partial charge is 0.313 e. The molecule has 1 rings (SSSR count). The van der Waals surface area contributed by atoms with Crippen LogP contribution in [0.1, 0.15) is 56.2 Å². The molecule has 0 saturated carbocycles. The number of hydrogen-bond acceptors (Lipinski definition) is 1. The summed E-state index contributed by atoms with van der Waals surface area (Å²) in [6, 6.07) is 7.16. The van der Waals surface area contributed by atoms with Crippen LogP contribution in [0.4, 0.5) is 0 Å². The molecule has 1 aromatic rings. The molecule has 0 fully saturated rings. The Balaban J connectivity index is 2.56. The van der Waals surface area contributed by atoms with E-state index in [0.29, 0.717) is 6.04 Å². The van der Waals surface area contributed by atoms with Gasteiger partial charge in [-0.2, -0.15) is 0 Å². The van der Waals surface area contributed by atoms with Gasteiger partial charge in [-0.05, 0) is 37.6 Å². The Hall–Kier alpha value is -0.340. The predicted molar refractivity (Wildman–Crippen MR) is 79.4 cm³/mol. The van der Waals surface area contributed by atoms with E-state index in [-0.39, 0.29) is 0 Å². The molecule has 1 N–H and O–H groups in total. The quantitative estimate of drug-likeness (QED) is 0.699. The molecular formula is C15H24BrN. The monoisotopic (exact) mass is 297 g/mol. The van der Waals surface area contributed by atoms with Crippen LogP contribution in [0, 0.1) is 6.92 Å². The van der Waals surface area contributed by atoms with Crippen molar-refractivity contribution in [2.75, 3.05) is 7.05 Å². The highest BCUT2D eigenvalue weighted by atomic mass is 79.9. The summed E-state index contributed by atoms with van der Waals surface area (Å²) in [5.41, 5.74) is 2.72. The topological polar surface area (TPSA) is 12.0 Å². The Bertz CT molecular complexity index is 336. The highest BCUT2D eigenvalue weighted by molar-refractivity contribution is 9.10. The minimum absolute atomic E-state index is 0.499. The lowest BCUT2D eigenvalue weighted by molar-refractivity contribution is 0.505. The number of halogens is 1. The predicted octanol–water partition coefficient (Wildman–Crippen LogP) is 4.99. The van der Waals surface area contributed by atoms with Crippen molar-refractivity contribution in [2.24, 2.45) is 0 Å². The molecule has 1 nitrogen and oxygen atoms in total. The Labute approximate surface area is 114 Å². The molecule has 0 heterocycles. The lowest BCUT2D eigenvalue weighted by Crippen LogP contribution is -2.16. The number of aryl methyl sites for hydroxylation is 1. The van der Waals surface area contributed by atoms with E-state index in [2.05, 4.69) is 60.3 Å². The van der Waals surface area contributed by atoms with Gasteiger partial charge in [-0.15, -0.1) is 0 Å². The van der Waals surface area contributed by atoms with Crippen LogP contribution in [0.2, 0.25) is 0 Å². The van der Waals surface area contributed by atoms with E-state index in [1.54, 1.807) is 0 Å². The van der Waals surface area contributed by atoms with Gasteiger partial charge in [0.25, 0.3) is 0 Å². The summed E-state index contributed by atoms with van der Waals surface area (Å²) in [6.07, 6.45) is 6.56. The van der Waals surface area contributed by atoms with Crippen LogP contribution < -0.4 is 5.32 Å². The third kappa shape index (κ3) is 4.81. The van der Waals surface area contributed by atoms with Gasteiger partial charge in [0.15, 0.2) is 0 Å². The molecule has 0 saturated heterocycles. The van der Waals surface area contributed by atoms with Gasteiger partial charge >= 0.3 is 0 Å². The zero-order valence-electron chi connectivity index (χ0n) is 11.2. The van der Waals surface area contributed by atoms with E-state index in [9.17, 15) is 0 Å². The minimum atomic E-state index is 0.499. The molecule has 2 heteroatoms. The van der Waals surface area contributed by atoms with Gasteiger partial charge < -0.3 is 5.32 Å². The number of rotatable bonds is 7. The Kier molecular flexibility index (Phi) is 6.83. The molecule has 1 aromatic carbocycles. The molecule has 17 heavy (non-hydrogen) atoms. The molecule has 0 aromatic heterocycles. The summed E-state index contributed by atoms with van der Waals surface area (Å²) < 4.78 is 1.20. The molecule has 0 amide bonds. The molecule has 0 spiro atoms. The van der Waals surface area contributed by atoms with Crippen LogP contribution in [-0.2, 0) is 0 Å². The van der Waals surface area contributed by atoms with Crippen LogP contribution >= 0.6 is 15.9 Å². The summed E-state index contributed by atoms with van der Waals surface area (Å²) in [5.74, 6) is 0. The van der Waals surface area contributed by atoms with E-state index in [4.69, 9.17) is 0 Å². The zero-order valence-corrected chi connectivity index (χ0v) is 12.8. The fourth-order valence-electron chi connectivity index (χ4n) is 2.14. The molecular weight excluding hydrogens is 274 g/mol. The van der Waals surface area contributed by atoms with Crippen molar-refractivity contribution in [3.05, 3.63) is 33.8 Å². The fourth-order valence-corrected chi connectivity index (χ4v) is 2.38. The van der Waals surface area contributed by atoms with E-state index in [0.717, 1.165) is 0 Å². The fraction of sp³-hybridized carbons (Fsp3) is 0.600. The minimum Gasteiger partial charge on any atom is -0.313 e. The van der Waals surface area contributed by atoms with Crippen molar-refractivity contribution >= 4 is 15.9 Å². The summed E-state index contributed by atoms with van der Waals surface area (Å²) in [7, 11) is 2.06. The van der Waals surface area contributed by atoms with E-state index >= 15 is 0 Å². The first-order valence-electron chi connectivity index (χ1n) is 6.62. The lowest BCUT2D eigenvalue weighted by Gasteiger charge is -2.17. The van der Waals surface area contributed by atoms with Gasteiger partial charge in [-0.25, -0.2) is 0 Å². The Morgan fingerprint density at radius 2 is 2.00 bits per heavy atom. The molecule has 0 aliphatic carbocycles. The molecule has 0 bridgehead atoms. The normalized spacial score (nSPS) is 12.7. The lowest BCUT2D eigenvalue weighted by atomic mass is 9.99. The van der Waals surface area contributed by atoms with Gasteiger partial charge in [-0.3, -0.25) is 0 Å². The second-order valence-corrected chi connectivity index (χ2v) is 5.55. The third-order valence-electron chi connectivity index (χ3n) is 3.28. The van der Waals surface area contributed by atoms with E-state index < -0.39 is 0 Å². The van der Waals surface area contributed by atoms with Crippen LogP contribution in [0.15, 0.2) is 22.7 Å². The summed E-state index contributed by atoms with van der Waals surface area (Å²) in [4.78, 5) is 0. The number of hydrogen-bond donors (Lipinski definition) is 1. The second-order valence-electron chi connectivity index (χ2n) is 4.70. The van der Waals surface area contributed by atoms with Crippen molar-refractivity contribution in [2.45, 2.75) is 52.0 Å². The van der Waals surface area contributed by atoms with Gasteiger partial charge in [0.1, 0.15) is 0 Å². The highest BCUT2D eigenvalue weighted by Crippen LogP contribution is 2.24. The SMILES string of the molecule is CCCCCCC(NC)c1ccc(Br)c(C)c1. The van der Waals surface area contributed by atoms with Crippen LogP contribution in [0.3, 0.4) is 0 Å². The van der Waals surface area contributed by atoms with Crippen molar-refractivity contribution in [1.29, 1.82) is 0 Å². The maximum atomic E-state index is 3.55. The highest BCUT2D eigenvalue weighted by Gasteiger charge is 2.09. The zero-order chi connectivity index (χ0) is 12.7. The first kappa shape index (κ1) is 14.7. The molecule has 1 atom stereocenters. The number of unbranched alkanes of at least 4 members (excludes halogenated alkanes) is 3.